The summed E-state index contributed by atoms with van der Waals surface area (Å²) in [5.74, 6) is 0.316. The molecule has 4 nitrogen and oxygen atoms in total. The molecule has 0 spiro atoms. The molecule has 0 unspecified atom stereocenters. The summed E-state index contributed by atoms with van der Waals surface area (Å²) < 4.78 is 0. The minimum absolute atomic E-state index is 0.316. The van der Waals surface area contributed by atoms with Gasteiger partial charge in [-0.3, -0.25) is 9.80 Å². The van der Waals surface area contributed by atoms with Crippen LogP contribution >= 0.6 is 0 Å². The summed E-state index contributed by atoms with van der Waals surface area (Å²) in [6, 6.07) is 10.0. The molecular weight excluding hydrogens is 252 g/mol. The van der Waals surface area contributed by atoms with Crippen molar-refractivity contribution in [3.8, 4) is 0 Å². The van der Waals surface area contributed by atoms with E-state index in [1.54, 1.807) is 0 Å². The van der Waals surface area contributed by atoms with Gasteiger partial charge in [0.25, 0.3) is 0 Å². The van der Waals surface area contributed by atoms with E-state index in [1.165, 1.54) is 5.01 Å². The summed E-state index contributed by atoms with van der Waals surface area (Å²) in [7, 11) is 0. The minimum Gasteiger partial charge on any atom is -0.299 e. The first-order valence-electron chi connectivity index (χ1n) is 7.40. The zero-order chi connectivity index (χ0) is 14.4. The van der Waals surface area contributed by atoms with Crippen LogP contribution in [0.15, 0.2) is 35.6 Å². The van der Waals surface area contributed by atoms with E-state index >= 15 is 0 Å². The molecule has 0 atom stereocenters. The molecule has 1 heterocycles. The highest BCUT2D eigenvalue weighted by atomic mass is 16.3. The molecule has 0 aliphatic carbocycles. The monoisotopic (exact) mass is 274 g/mol. The van der Waals surface area contributed by atoms with E-state index in [0.29, 0.717) is 38.1 Å². The van der Waals surface area contributed by atoms with Gasteiger partial charge in [-0.2, -0.15) is 0 Å². The van der Waals surface area contributed by atoms with Crippen LogP contribution in [-0.2, 0) is 10.2 Å². The van der Waals surface area contributed by atoms with E-state index in [0.717, 1.165) is 18.4 Å². The van der Waals surface area contributed by atoms with Crippen molar-refractivity contribution in [1.82, 2.24) is 5.01 Å². The topological polar surface area (TPSA) is 49.7 Å². The Bertz CT molecular complexity index is 451. The maximum absolute atomic E-state index is 12.7. The van der Waals surface area contributed by atoms with Crippen molar-refractivity contribution in [3.05, 3.63) is 40.8 Å². The van der Waals surface area contributed by atoms with Gasteiger partial charge in [0.15, 0.2) is 0 Å². The number of benzene rings is 1. The molecule has 0 amide bonds. The fraction of sp³-hybridized carbons (Fsp3) is 0.562. The lowest BCUT2D eigenvalue weighted by Crippen LogP contribution is -2.45. The Morgan fingerprint density at radius 1 is 1.25 bits per heavy atom. The molecule has 1 fully saturated rings. The molecular formula is C16H22N2O2. The molecule has 108 valence electrons. The SMILES string of the molecule is CCCCC(=O)C1(c2ccccc2)CCN(N=O)CC1. The number of ketones is 1. The highest BCUT2D eigenvalue weighted by molar-refractivity contribution is 5.90. The second kappa shape index (κ2) is 6.64. The van der Waals surface area contributed by atoms with Gasteiger partial charge in [0.2, 0.25) is 0 Å². The lowest BCUT2D eigenvalue weighted by Gasteiger charge is -2.39. The molecule has 20 heavy (non-hydrogen) atoms. The Morgan fingerprint density at radius 3 is 2.45 bits per heavy atom. The number of nitrogens with zero attached hydrogens (tertiary/aromatic N) is 2. The molecule has 1 saturated heterocycles. The summed E-state index contributed by atoms with van der Waals surface area (Å²) >= 11 is 0. The lowest BCUT2D eigenvalue weighted by atomic mass is 9.69. The zero-order valence-electron chi connectivity index (χ0n) is 12.0. The molecule has 0 bridgehead atoms. The number of carbonyl (C=O) groups is 1. The van der Waals surface area contributed by atoms with E-state index < -0.39 is 5.41 Å². The molecule has 0 saturated carbocycles. The number of piperidine rings is 1. The molecule has 0 radical (unpaired) electrons. The van der Waals surface area contributed by atoms with Gasteiger partial charge in [-0.05, 0) is 24.8 Å². The molecule has 1 aromatic carbocycles. The van der Waals surface area contributed by atoms with E-state index in [1.807, 2.05) is 30.3 Å². The number of hydrogen-bond acceptors (Lipinski definition) is 3. The fourth-order valence-corrected chi connectivity index (χ4v) is 3.02. The van der Waals surface area contributed by atoms with Crippen LogP contribution in [0.5, 0.6) is 0 Å². The van der Waals surface area contributed by atoms with Crippen LogP contribution in [0.1, 0.15) is 44.6 Å². The third-order valence-corrected chi connectivity index (χ3v) is 4.33. The van der Waals surface area contributed by atoms with Crippen LogP contribution in [0, 0.1) is 4.91 Å². The maximum atomic E-state index is 12.7. The quantitative estimate of drug-likeness (QED) is 0.746. The van der Waals surface area contributed by atoms with E-state index in [2.05, 4.69) is 12.2 Å². The average molecular weight is 274 g/mol. The molecule has 1 aliphatic rings. The van der Waals surface area contributed by atoms with Gasteiger partial charge in [-0.15, -0.1) is 4.91 Å². The van der Waals surface area contributed by atoms with Gasteiger partial charge in [-0.1, -0.05) is 43.7 Å². The first-order valence-corrected chi connectivity index (χ1v) is 7.40. The Hall–Kier alpha value is -1.71. The molecule has 2 rings (SSSR count). The smallest absolute Gasteiger partial charge is 0.143 e. The second-order valence-corrected chi connectivity index (χ2v) is 5.51. The highest BCUT2D eigenvalue weighted by Gasteiger charge is 2.41. The number of unbranched alkanes of at least 4 members (excludes halogenated alkanes) is 1. The van der Waals surface area contributed by atoms with Crippen molar-refractivity contribution in [2.45, 2.75) is 44.4 Å². The highest BCUT2D eigenvalue weighted by Crippen LogP contribution is 2.37. The van der Waals surface area contributed by atoms with Gasteiger partial charge in [0.05, 0.1) is 10.7 Å². The van der Waals surface area contributed by atoms with Crippen LogP contribution in [0.2, 0.25) is 0 Å². The van der Waals surface area contributed by atoms with E-state index in [4.69, 9.17) is 0 Å². The number of nitroso groups, excluding NO2 is 1. The van der Waals surface area contributed by atoms with Crippen molar-refractivity contribution in [2.75, 3.05) is 13.1 Å². The Labute approximate surface area is 120 Å². The summed E-state index contributed by atoms with van der Waals surface area (Å²) in [6.45, 7) is 3.23. The summed E-state index contributed by atoms with van der Waals surface area (Å²) in [6.07, 6.45) is 3.96. The zero-order valence-corrected chi connectivity index (χ0v) is 12.0. The van der Waals surface area contributed by atoms with Gasteiger partial charge in [0.1, 0.15) is 5.78 Å². The third kappa shape index (κ3) is 2.89. The average Bonchev–Trinajstić information content (AvgIpc) is 2.53. The van der Waals surface area contributed by atoms with Gasteiger partial charge in [-0.25, -0.2) is 0 Å². The molecule has 1 aromatic rings. The Morgan fingerprint density at radius 2 is 1.90 bits per heavy atom. The number of carbonyl (C=O) groups excluding carboxylic acids is 1. The van der Waals surface area contributed by atoms with E-state index in [9.17, 15) is 9.70 Å². The van der Waals surface area contributed by atoms with Crippen LogP contribution in [0.25, 0.3) is 0 Å². The first-order chi connectivity index (χ1) is 9.73. The third-order valence-electron chi connectivity index (χ3n) is 4.33. The van der Waals surface area contributed by atoms with E-state index in [-0.39, 0.29) is 0 Å². The number of hydrogen-bond donors (Lipinski definition) is 0. The fourth-order valence-electron chi connectivity index (χ4n) is 3.02. The number of Topliss-reactive ketones (excluding diaryl/α,β-unsaturated/α-hetero) is 1. The van der Waals surface area contributed by atoms with Gasteiger partial charge in [0, 0.05) is 19.5 Å². The lowest BCUT2D eigenvalue weighted by molar-refractivity contribution is -0.126. The van der Waals surface area contributed by atoms with Gasteiger partial charge >= 0.3 is 0 Å². The summed E-state index contributed by atoms with van der Waals surface area (Å²) in [5.41, 5.74) is 0.670. The predicted octanol–water partition coefficient (Wildman–Crippen LogP) is 3.46. The van der Waals surface area contributed by atoms with Crippen molar-refractivity contribution < 1.29 is 4.79 Å². The molecule has 1 aliphatic heterocycles. The van der Waals surface area contributed by atoms with Crippen molar-refractivity contribution in [1.29, 1.82) is 0 Å². The molecule has 0 aromatic heterocycles. The summed E-state index contributed by atoms with van der Waals surface area (Å²) in [4.78, 5) is 23.4. The normalized spacial score (nSPS) is 17.8. The van der Waals surface area contributed by atoms with Crippen LogP contribution in [0.4, 0.5) is 0 Å². The minimum atomic E-state index is -0.419. The van der Waals surface area contributed by atoms with Crippen molar-refractivity contribution in [2.24, 2.45) is 5.29 Å². The Balaban J connectivity index is 2.25. The van der Waals surface area contributed by atoms with Crippen LogP contribution in [0.3, 0.4) is 0 Å². The largest absolute Gasteiger partial charge is 0.299 e. The predicted molar refractivity (Wildman–Crippen MR) is 79.3 cm³/mol. The summed E-state index contributed by atoms with van der Waals surface area (Å²) in [5, 5.41) is 4.52. The number of rotatable bonds is 6. The van der Waals surface area contributed by atoms with Crippen molar-refractivity contribution in [3.63, 3.8) is 0 Å². The van der Waals surface area contributed by atoms with Crippen LogP contribution in [-0.4, -0.2) is 23.9 Å². The maximum Gasteiger partial charge on any atom is 0.143 e. The van der Waals surface area contributed by atoms with Gasteiger partial charge < -0.3 is 0 Å². The Kier molecular flexibility index (Phi) is 4.88. The first kappa shape index (κ1) is 14.7. The second-order valence-electron chi connectivity index (χ2n) is 5.51. The van der Waals surface area contributed by atoms with Crippen molar-refractivity contribution >= 4 is 5.78 Å². The molecule has 0 N–H and O–H groups in total. The molecule has 4 heteroatoms. The van der Waals surface area contributed by atoms with Crippen LogP contribution < -0.4 is 0 Å². The standard InChI is InChI=1S/C16H22N2O2/c1-2-3-9-15(19)16(14-7-5-4-6-8-14)10-12-18(17-20)13-11-16/h4-8H,2-3,9-13H2,1H3.